The normalized spacial score (nSPS) is 10.5. The van der Waals surface area contributed by atoms with E-state index in [-0.39, 0.29) is 5.91 Å². The first-order chi connectivity index (χ1) is 12.8. The summed E-state index contributed by atoms with van der Waals surface area (Å²) >= 11 is 0. The Morgan fingerprint density at radius 2 is 1.77 bits per heavy atom. The first kappa shape index (κ1) is 17.7. The van der Waals surface area contributed by atoms with E-state index in [1.807, 2.05) is 48.5 Å². The molecule has 134 valence electrons. The van der Waals surface area contributed by atoms with Crippen LogP contribution in [-0.2, 0) is 0 Å². The molecule has 6 heteroatoms. The number of carbonyl (C=O) groups is 1. The van der Waals surface area contributed by atoms with Gasteiger partial charge < -0.3 is 10.2 Å². The predicted octanol–water partition coefficient (Wildman–Crippen LogP) is 2.91. The molecular weight excluding hydrogens is 326 g/mol. The SMILES string of the molecule is CCN(CCCNC(=O)c1cnn(-c2ccccc2)n1)c1ccccc1. The molecule has 3 rings (SSSR count). The number of hydrogen-bond donors (Lipinski definition) is 1. The van der Waals surface area contributed by atoms with Crippen LogP contribution >= 0.6 is 0 Å². The third-order valence-corrected chi connectivity index (χ3v) is 4.11. The summed E-state index contributed by atoms with van der Waals surface area (Å²) in [5.41, 5.74) is 2.35. The van der Waals surface area contributed by atoms with Gasteiger partial charge in [0.1, 0.15) is 0 Å². The first-order valence-electron chi connectivity index (χ1n) is 8.84. The highest BCUT2D eigenvalue weighted by atomic mass is 16.2. The van der Waals surface area contributed by atoms with Gasteiger partial charge in [-0.2, -0.15) is 9.90 Å². The Kier molecular flexibility index (Phi) is 5.98. The number of rotatable bonds is 8. The number of amides is 1. The van der Waals surface area contributed by atoms with Crippen molar-refractivity contribution in [3.8, 4) is 5.69 Å². The number of hydrogen-bond acceptors (Lipinski definition) is 4. The Morgan fingerprint density at radius 3 is 2.46 bits per heavy atom. The van der Waals surface area contributed by atoms with E-state index in [2.05, 4.69) is 39.5 Å². The molecule has 1 N–H and O–H groups in total. The standard InChI is InChI=1S/C20H23N5O/c1-2-24(17-10-5-3-6-11-17)15-9-14-21-20(26)19-16-22-25(23-19)18-12-7-4-8-13-18/h3-8,10-13,16H,2,9,14-15H2,1H3,(H,21,26). The topological polar surface area (TPSA) is 63.1 Å². The van der Waals surface area contributed by atoms with Gasteiger partial charge in [0.25, 0.3) is 5.91 Å². The van der Waals surface area contributed by atoms with Gasteiger partial charge in [0.2, 0.25) is 0 Å². The van der Waals surface area contributed by atoms with Crippen LogP contribution in [0.2, 0.25) is 0 Å². The van der Waals surface area contributed by atoms with Gasteiger partial charge in [0.15, 0.2) is 5.69 Å². The van der Waals surface area contributed by atoms with Crippen LogP contribution in [0.25, 0.3) is 5.69 Å². The smallest absolute Gasteiger partial charge is 0.273 e. The maximum absolute atomic E-state index is 12.2. The molecule has 1 amide bonds. The third kappa shape index (κ3) is 4.47. The summed E-state index contributed by atoms with van der Waals surface area (Å²) in [7, 11) is 0. The van der Waals surface area contributed by atoms with Crippen molar-refractivity contribution in [3.63, 3.8) is 0 Å². The number of nitrogens with one attached hydrogen (secondary N) is 1. The molecule has 0 aliphatic rings. The number of carbonyl (C=O) groups excluding carboxylic acids is 1. The number of anilines is 1. The van der Waals surface area contributed by atoms with E-state index in [4.69, 9.17) is 0 Å². The van der Waals surface area contributed by atoms with Gasteiger partial charge in [-0.3, -0.25) is 4.79 Å². The van der Waals surface area contributed by atoms with E-state index < -0.39 is 0 Å². The highest BCUT2D eigenvalue weighted by Crippen LogP contribution is 2.12. The zero-order chi connectivity index (χ0) is 18.2. The molecule has 0 saturated heterocycles. The fourth-order valence-electron chi connectivity index (χ4n) is 2.72. The van der Waals surface area contributed by atoms with Crippen molar-refractivity contribution < 1.29 is 4.79 Å². The van der Waals surface area contributed by atoms with E-state index in [1.165, 1.54) is 16.7 Å². The highest BCUT2D eigenvalue weighted by Gasteiger charge is 2.11. The van der Waals surface area contributed by atoms with Gasteiger partial charge in [-0.15, -0.1) is 5.10 Å². The maximum atomic E-state index is 12.2. The van der Waals surface area contributed by atoms with Crippen LogP contribution in [0.5, 0.6) is 0 Å². The van der Waals surface area contributed by atoms with Crippen molar-refractivity contribution in [1.82, 2.24) is 20.3 Å². The van der Waals surface area contributed by atoms with Gasteiger partial charge >= 0.3 is 0 Å². The van der Waals surface area contributed by atoms with Crippen LogP contribution < -0.4 is 10.2 Å². The summed E-state index contributed by atoms with van der Waals surface area (Å²) in [6, 6.07) is 19.8. The van der Waals surface area contributed by atoms with Crippen molar-refractivity contribution in [2.24, 2.45) is 0 Å². The van der Waals surface area contributed by atoms with Crippen molar-refractivity contribution in [2.45, 2.75) is 13.3 Å². The van der Waals surface area contributed by atoms with Gasteiger partial charge in [0.05, 0.1) is 11.9 Å². The second kappa shape index (κ2) is 8.80. The molecule has 1 heterocycles. The average Bonchev–Trinajstić information content (AvgIpc) is 3.20. The Balaban J connectivity index is 1.48. The van der Waals surface area contributed by atoms with Crippen LogP contribution in [0.1, 0.15) is 23.8 Å². The highest BCUT2D eigenvalue weighted by molar-refractivity contribution is 5.91. The summed E-state index contributed by atoms with van der Waals surface area (Å²) in [5.74, 6) is -0.199. The number of benzene rings is 2. The summed E-state index contributed by atoms with van der Waals surface area (Å²) < 4.78 is 0. The quantitative estimate of drug-likeness (QED) is 0.635. The molecule has 0 bridgehead atoms. The number of aromatic nitrogens is 3. The lowest BCUT2D eigenvalue weighted by Gasteiger charge is -2.23. The molecule has 1 aromatic heterocycles. The second-order valence-corrected chi connectivity index (χ2v) is 5.88. The third-order valence-electron chi connectivity index (χ3n) is 4.11. The number of para-hydroxylation sites is 2. The average molecular weight is 349 g/mol. The summed E-state index contributed by atoms with van der Waals surface area (Å²) in [5, 5.41) is 11.3. The fourth-order valence-corrected chi connectivity index (χ4v) is 2.72. The lowest BCUT2D eigenvalue weighted by Crippen LogP contribution is -2.30. The van der Waals surface area contributed by atoms with Crippen LogP contribution in [0.3, 0.4) is 0 Å². The zero-order valence-corrected chi connectivity index (χ0v) is 14.9. The molecule has 0 atom stereocenters. The van der Waals surface area contributed by atoms with Crippen LogP contribution in [-0.4, -0.2) is 40.5 Å². The van der Waals surface area contributed by atoms with E-state index in [1.54, 1.807) is 0 Å². The minimum absolute atomic E-state index is 0.199. The lowest BCUT2D eigenvalue weighted by atomic mass is 10.2. The molecule has 0 unspecified atom stereocenters. The molecule has 0 saturated carbocycles. The molecule has 3 aromatic rings. The Morgan fingerprint density at radius 1 is 1.08 bits per heavy atom. The fraction of sp³-hybridized carbons (Fsp3) is 0.250. The molecule has 26 heavy (non-hydrogen) atoms. The molecule has 0 radical (unpaired) electrons. The molecule has 0 spiro atoms. The maximum Gasteiger partial charge on any atom is 0.273 e. The largest absolute Gasteiger partial charge is 0.372 e. The van der Waals surface area contributed by atoms with Crippen molar-refractivity contribution in [1.29, 1.82) is 0 Å². The summed E-state index contributed by atoms with van der Waals surface area (Å²) in [6.07, 6.45) is 2.35. The Hall–Kier alpha value is -3.15. The minimum Gasteiger partial charge on any atom is -0.372 e. The first-order valence-corrected chi connectivity index (χ1v) is 8.84. The second-order valence-electron chi connectivity index (χ2n) is 5.88. The lowest BCUT2D eigenvalue weighted by molar-refractivity contribution is 0.0948. The summed E-state index contributed by atoms with van der Waals surface area (Å²) in [4.78, 5) is 16.0. The van der Waals surface area contributed by atoms with Gasteiger partial charge in [-0.25, -0.2) is 0 Å². The number of nitrogens with zero attached hydrogens (tertiary/aromatic N) is 4. The van der Waals surface area contributed by atoms with E-state index >= 15 is 0 Å². The van der Waals surface area contributed by atoms with E-state index in [9.17, 15) is 4.79 Å². The minimum atomic E-state index is -0.199. The summed E-state index contributed by atoms with van der Waals surface area (Å²) in [6.45, 7) is 4.55. The van der Waals surface area contributed by atoms with Gasteiger partial charge in [-0.05, 0) is 37.6 Å². The van der Waals surface area contributed by atoms with Crippen LogP contribution in [0, 0.1) is 0 Å². The molecule has 2 aromatic carbocycles. The van der Waals surface area contributed by atoms with E-state index in [0.717, 1.165) is 25.2 Å². The molecule has 6 nitrogen and oxygen atoms in total. The van der Waals surface area contributed by atoms with Crippen molar-refractivity contribution >= 4 is 11.6 Å². The van der Waals surface area contributed by atoms with Gasteiger partial charge in [0, 0.05) is 25.3 Å². The van der Waals surface area contributed by atoms with E-state index in [0.29, 0.717) is 12.2 Å². The molecular formula is C20H23N5O. The van der Waals surface area contributed by atoms with Crippen molar-refractivity contribution in [3.05, 3.63) is 72.6 Å². The Bertz CT molecular complexity index is 816. The molecule has 0 aliphatic carbocycles. The van der Waals surface area contributed by atoms with Crippen molar-refractivity contribution in [2.75, 3.05) is 24.5 Å². The van der Waals surface area contributed by atoms with Gasteiger partial charge in [-0.1, -0.05) is 36.4 Å². The Labute approximate surface area is 153 Å². The van der Waals surface area contributed by atoms with Crippen LogP contribution in [0.15, 0.2) is 66.9 Å². The zero-order valence-electron chi connectivity index (χ0n) is 14.9. The molecule has 0 aliphatic heterocycles. The monoisotopic (exact) mass is 349 g/mol. The predicted molar refractivity (Wildman–Crippen MR) is 103 cm³/mol. The van der Waals surface area contributed by atoms with Crippen LogP contribution in [0.4, 0.5) is 5.69 Å². The molecule has 0 fully saturated rings.